The van der Waals surface area contributed by atoms with E-state index in [4.69, 9.17) is 0 Å². The Hall–Kier alpha value is -1.01. The summed E-state index contributed by atoms with van der Waals surface area (Å²) in [4.78, 5) is 16.5. The van der Waals surface area contributed by atoms with Crippen LogP contribution < -0.4 is 0 Å². The molecule has 2 rings (SSSR count). The summed E-state index contributed by atoms with van der Waals surface area (Å²) in [6.45, 7) is 1.91. The highest BCUT2D eigenvalue weighted by molar-refractivity contribution is 9.10. The minimum Gasteiger partial charge on any atom is -0.293 e. The van der Waals surface area contributed by atoms with E-state index in [1.54, 1.807) is 16.4 Å². The highest BCUT2D eigenvalue weighted by atomic mass is 79.9. The molecule has 0 aromatic carbocycles. The Balaban J connectivity index is 2.25. The lowest BCUT2D eigenvalue weighted by Gasteiger charge is -2.00. The summed E-state index contributed by atoms with van der Waals surface area (Å²) in [6, 6.07) is 0. The zero-order valence-corrected chi connectivity index (χ0v) is 11.3. The van der Waals surface area contributed by atoms with Gasteiger partial charge < -0.3 is 0 Å². The van der Waals surface area contributed by atoms with Crippen molar-refractivity contribution in [2.45, 2.75) is 13.3 Å². The number of hydrogen-bond acceptors (Lipinski definition) is 4. The number of carbonyl (C=O) groups is 1. The molecular formula is C10H10BrN3OS. The second-order valence-electron chi connectivity index (χ2n) is 3.44. The van der Waals surface area contributed by atoms with Crippen molar-refractivity contribution >= 4 is 33.0 Å². The third-order valence-corrected chi connectivity index (χ3v) is 4.14. The van der Waals surface area contributed by atoms with Crippen LogP contribution in [-0.4, -0.2) is 20.5 Å². The van der Waals surface area contributed by atoms with Crippen molar-refractivity contribution in [1.29, 1.82) is 0 Å². The summed E-state index contributed by atoms with van der Waals surface area (Å²) >= 11 is 4.81. The molecule has 0 N–H and O–H groups in total. The van der Waals surface area contributed by atoms with Gasteiger partial charge in [0.25, 0.3) is 0 Å². The Bertz CT molecular complexity index is 518. The van der Waals surface area contributed by atoms with Gasteiger partial charge in [0.1, 0.15) is 0 Å². The van der Waals surface area contributed by atoms with Gasteiger partial charge in [-0.3, -0.25) is 14.5 Å². The van der Waals surface area contributed by atoms with Gasteiger partial charge >= 0.3 is 0 Å². The molecule has 6 heteroatoms. The van der Waals surface area contributed by atoms with Crippen molar-refractivity contribution in [2.75, 3.05) is 0 Å². The number of nitrogens with zero attached hydrogens (tertiary/aromatic N) is 3. The summed E-state index contributed by atoms with van der Waals surface area (Å²) in [5, 5.41) is 4.25. The molecule has 2 heterocycles. The first-order valence-electron chi connectivity index (χ1n) is 4.69. The van der Waals surface area contributed by atoms with Crippen LogP contribution in [0.4, 0.5) is 0 Å². The van der Waals surface area contributed by atoms with E-state index in [1.165, 1.54) is 11.3 Å². The molecule has 2 aromatic rings. The van der Waals surface area contributed by atoms with Crippen LogP contribution in [0.25, 0.3) is 0 Å². The quantitative estimate of drug-likeness (QED) is 0.818. The van der Waals surface area contributed by atoms with E-state index in [9.17, 15) is 4.79 Å². The van der Waals surface area contributed by atoms with E-state index in [0.717, 1.165) is 15.9 Å². The highest BCUT2D eigenvalue weighted by Gasteiger charge is 2.16. The molecule has 0 aliphatic carbocycles. The molecule has 0 unspecified atom stereocenters. The van der Waals surface area contributed by atoms with Crippen molar-refractivity contribution in [2.24, 2.45) is 7.05 Å². The first-order chi connectivity index (χ1) is 7.59. The van der Waals surface area contributed by atoms with E-state index in [-0.39, 0.29) is 5.78 Å². The second kappa shape index (κ2) is 4.47. The topological polar surface area (TPSA) is 47.8 Å². The zero-order chi connectivity index (χ0) is 11.7. The normalized spacial score (nSPS) is 10.7. The maximum absolute atomic E-state index is 11.9. The van der Waals surface area contributed by atoms with Gasteiger partial charge in [-0.05, 0) is 22.9 Å². The number of thiazole rings is 1. The number of hydrogen-bond donors (Lipinski definition) is 0. The van der Waals surface area contributed by atoms with Crippen LogP contribution in [0.5, 0.6) is 0 Å². The number of aromatic nitrogens is 3. The van der Waals surface area contributed by atoms with Crippen LogP contribution in [-0.2, 0) is 13.5 Å². The highest BCUT2D eigenvalue weighted by Crippen LogP contribution is 2.22. The summed E-state index contributed by atoms with van der Waals surface area (Å²) in [5.74, 6) is 0.0752. The number of carbonyl (C=O) groups excluding carboxylic acids is 1. The lowest BCUT2D eigenvalue weighted by molar-refractivity contribution is 0.0994. The fourth-order valence-electron chi connectivity index (χ4n) is 1.46. The van der Waals surface area contributed by atoms with Crippen molar-refractivity contribution in [3.63, 3.8) is 0 Å². The molecule has 0 saturated carbocycles. The van der Waals surface area contributed by atoms with E-state index < -0.39 is 0 Å². The third kappa shape index (κ3) is 2.08. The van der Waals surface area contributed by atoms with Crippen molar-refractivity contribution in [1.82, 2.24) is 14.8 Å². The second-order valence-corrected chi connectivity index (χ2v) is 5.11. The standard InChI is InChI=1S/C10H10BrN3OS/c1-6-10(11)7(14(2)13-6)3-8(15)9-4-12-5-16-9/h4-5H,3H2,1-2H3. The van der Waals surface area contributed by atoms with E-state index in [2.05, 4.69) is 26.0 Å². The molecule has 0 aliphatic rings. The number of ketones is 1. The van der Waals surface area contributed by atoms with Crippen LogP contribution in [0, 0.1) is 6.92 Å². The average Bonchev–Trinajstić information content (AvgIpc) is 2.83. The van der Waals surface area contributed by atoms with Crippen LogP contribution >= 0.6 is 27.3 Å². The molecule has 2 aromatic heterocycles. The summed E-state index contributed by atoms with van der Waals surface area (Å²) in [5.41, 5.74) is 3.46. The van der Waals surface area contributed by atoms with E-state index in [0.29, 0.717) is 11.3 Å². The molecule has 0 aliphatic heterocycles. The fraction of sp³-hybridized carbons (Fsp3) is 0.300. The molecule has 16 heavy (non-hydrogen) atoms. The van der Waals surface area contributed by atoms with Gasteiger partial charge in [-0.15, -0.1) is 11.3 Å². The molecule has 4 nitrogen and oxygen atoms in total. The van der Waals surface area contributed by atoms with Gasteiger partial charge in [0.15, 0.2) is 5.78 Å². The van der Waals surface area contributed by atoms with Gasteiger partial charge in [0, 0.05) is 13.2 Å². The smallest absolute Gasteiger partial charge is 0.180 e. The predicted octanol–water partition coefficient (Wildman–Crippen LogP) is 2.37. The summed E-state index contributed by atoms with van der Waals surface area (Å²) < 4.78 is 2.64. The van der Waals surface area contributed by atoms with E-state index >= 15 is 0 Å². The molecule has 0 radical (unpaired) electrons. The number of Topliss-reactive ketones (excluding diaryl/α,β-unsaturated/α-hetero) is 1. The summed E-state index contributed by atoms with van der Waals surface area (Å²) in [6.07, 6.45) is 1.95. The first kappa shape index (κ1) is 11.5. The zero-order valence-electron chi connectivity index (χ0n) is 8.90. The monoisotopic (exact) mass is 299 g/mol. The molecule has 84 valence electrons. The fourth-order valence-corrected chi connectivity index (χ4v) is 2.50. The molecule has 0 saturated heterocycles. The third-order valence-electron chi connectivity index (χ3n) is 2.30. The van der Waals surface area contributed by atoms with Crippen molar-refractivity contribution in [3.05, 3.63) is 32.4 Å². The molecule has 0 spiro atoms. The van der Waals surface area contributed by atoms with Crippen molar-refractivity contribution in [3.8, 4) is 0 Å². The molecule has 0 amide bonds. The van der Waals surface area contributed by atoms with Gasteiger partial charge in [0.05, 0.1) is 32.7 Å². The summed E-state index contributed by atoms with van der Waals surface area (Å²) in [7, 11) is 1.84. The van der Waals surface area contributed by atoms with Gasteiger partial charge in [0.2, 0.25) is 0 Å². The Morgan fingerprint density at radius 2 is 2.38 bits per heavy atom. The predicted molar refractivity (Wildman–Crippen MR) is 65.8 cm³/mol. The molecular weight excluding hydrogens is 290 g/mol. The Morgan fingerprint density at radius 1 is 1.62 bits per heavy atom. The van der Waals surface area contributed by atoms with Crippen LogP contribution in [0.15, 0.2) is 16.2 Å². The minimum atomic E-state index is 0.0752. The lowest BCUT2D eigenvalue weighted by Crippen LogP contribution is -2.07. The van der Waals surface area contributed by atoms with Crippen LogP contribution in [0.1, 0.15) is 21.1 Å². The van der Waals surface area contributed by atoms with Crippen molar-refractivity contribution < 1.29 is 4.79 Å². The van der Waals surface area contributed by atoms with E-state index in [1.807, 2.05) is 14.0 Å². The Labute approximate surface area is 105 Å². The maximum atomic E-state index is 11.9. The van der Waals surface area contributed by atoms with Crippen LogP contribution in [0.3, 0.4) is 0 Å². The molecule has 0 atom stereocenters. The number of rotatable bonds is 3. The molecule has 0 fully saturated rings. The van der Waals surface area contributed by atoms with Gasteiger partial charge in [-0.25, -0.2) is 0 Å². The van der Waals surface area contributed by atoms with Crippen LogP contribution in [0.2, 0.25) is 0 Å². The lowest BCUT2D eigenvalue weighted by atomic mass is 10.2. The minimum absolute atomic E-state index is 0.0752. The maximum Gasteiger partial charge on any atom is 0.180 e. The Kier molecular flexibility index (Phi) is 3.20. The molecule has 0 bridgehead atoms. The number of aryl methyl sites for hydroxylation is 2. The first-order valence-corrected chi connectivity index (χ1v) is 6.36. The van der Waals surface area contributed by atoms with Gasteiger partial charge in [-0.2, -0.15) is 5.10 Å². The number of halogens is 1. The Morgan fingerprint density at radius 3 is 2.88 bits per heavy atom. The SMILES string of the molecule is Cc1nn(C)c(CC(=O)c2cncs2)c1Br. The average molecular weight is 300 g/mol. The largest absolute Gasteiger partial charge is 0.293 e. The van der Waals surface area contributed by atoms with Gasteiger partial charge in [-0.1, -0.05) is 0 Å².